The molecule has 0 amide bonds. The molecule has 0 N–H and O–H groups in total. The highest BCUT2D eigenvalue weighted by molar-refractivity contribution is 4.81. The summed E-state index contributed by atoms with van der Waals surface area (Å²) in [6.45, 7) is 11.2. The standard InChI is InChI=1S/C18H34.C14H30O3/c1-3-5-7-9-11-13-15-17-18-16-14-12-10-8-6-4-2;1-3-5-7-9-11-15-13-17-14-16-12-10-8-6-4-2/h5,7,10,12H,3-4,6,8-9,11,13-18H2,1-2H3;3-14H2,1-2H3/b7-5-,12-10+;. The summed E-state index contributed by atoms with van der Waals surface area (Å²) in [5.74, 6) is 0. The van der Waals surface area contributed by atoms with Gasteiger partial charge in [0.25, 0.3) is 0 Å². The Morgan fingerprint density at radius 2 is 0.771 bits per heavy atom. The van der Waals surface area contributed by atoms with Crippen molar-refractivity contribution in [3.8, 4) is 0 Å². The molecule has 0 radical (unpaired) electrons. The van der Waals surface area contributed by atoms with Crippen LogP contribution in [0.15, 0.2) is 24.3 Å². The third kappa shape index (κ3) is 40.8. The molecule has 3 heteroatoms. The minimum Gasteiger partial charge on any atom is -0.355 e. The van der Waals surface area contributed by atoms with Crippen LogP contribution in [0.4, 0.5) is 0 Å². The smallest absolute Gasteiger partial charge is 0.149 e. The predicted octanol–water partition coefficient (Wildman–Crippen LogP) is 10.9. The van der Waals surface area contributed by atoms with Gasteiger partial charge in [-0.2, -0.15) is 0 Å². The molecule has 0 atom stereocenters. The topological polar surface area (TPSA) is 27.7 Å². The Kier molecular flexibility index (Phi) is 39.5. The molecule has 0 aliphatic heterocycles. The second-order valence-corrected chi connectivity index (χ2v) is 9.57. The van der Waals surface area contributed by atoms with Crippen LogP contribution in [0.5, 0.6) is 0 Å². The lowest BCUT2D eigenvalue weighted by molar-refractivity contribution is -0.131. The van der Waals surface area contributed by atoms with Crippen molar-refractivity contribution in [3.63, 3.8) is 0 Å². The highest BCUT2D eigenvalue weighted by Crippen LogP contribution is 2.09. The normalized spacial score (nSPS) is 11.4. The van der Waals surface area contributed by atoms with Crippen LogP contribution in [-0.4, -0.2) is 26.8 Å². The summed E-state index contributed by atoms with van der Waals surface area (Å²) in [6.07, 6.45) is 35.4. The fourth-order valence-electron chi connectivity index (χ4n) is 3.61. The van der Waals surface area contributed by atoms with E-state index in [1.807, 2.05) is 0 Å². The summed E-state index contributed by atoms with van der Waals surface area (Å²) >= 11 is 0. The maximum atomic E-state index is 5.32. The van der Waals surface area contributed by atoms with Crippen molar-refractivity contribution >= 4 is 0 Å². The number of hydrogen-bond acceptors (Lipinski definition) is 3. The van der Waals surface area contributed by atoms with E-state index in [1.54, 1.807) is 0 Å². The number of hydrogen-bond donors (Lipinski definition) is 0. The van der Waals surface area contributed by atoms with Crippen LogP contribution in [0.25, 0.3) is 0 Å². The molecule has 0 aromatic carbocycles. The second kappa shape index (κ2) is 37.9. The molecule has 0 saturated heterocycles. The van der Waals surface area contributed by atoms with Crippen LogP contribution in [-0.2, 0) is 14.2 Å². The van der Waals surface area contributed by atoms with Gasteiger partial charge in [-0.3, -0.25) is 0 Å². The van der Waals surface area contributed by atoms with E-state index >= 15 is 0 Å². The fourth-order valence-corrected chi connectivity index (χ4v) is 3.61. The molecule has 0 bridgehead atoms. The van der Waals surface area contributed by atoms with Gasteiger partial charge < -0.3 is 14.2 Å². The lowest BCUT2D eigenvalue weighted by Crippen LogP contribution is -2.06. The van der Waals surface area contributed by atoms with E-state index in [0.29, 0.717) is 13.6 Å². The van der Waals surface area contributed by atoms with Crippen LogP contribution < -0.4 is 0 Å². The van der Waals surface area contributed by atoms with E-state index in [-0.39, 0.29) is 0 Å². The van der Waals surface area contributed by atoms with Crippen LogP contribution >= 0.6 is 0 Å². The molecule has 3 nitrogen and oxygen atoms in total. The average Bonchev–Trinajstić information content (AvgIpc) is 2.87. The van der Waals surface area contributed by atoms with Crippen molar-refractivity contribution in [2.24, 2.45) is 0 Å². The molecule has 210 valence electrons. The second-order valence-electron chi connectivity index (χ2n) is 9.57. The SMILES string of the molecule is CC/C=C\CCCCCCCC/C=C/CCCC.CCCCCCOCOCOCCCCCC. The van der Waals surface area contributed by atoms with Crippen molar-refractivity contribution < 1.29 is 14.2 Å². The Morgan fingerprint density at radius 3 is 1.23 bits per heavy atom. The van der Waals surface area contributed by atoms with E-state index in [4.69, 9.17) is 14.2 Å². The molecule has 0 aromatic rings. The van der Waals surface area contributed by atoms with Crippen LogP contribution in [0.1, 0.15) is 156 Å². The summed E-state index contributed by atoms with van der Waals surface area (Å²) in [7, 11) is 0. The number of ether oxygens (including phenoxy) is 3. The van der Waals surface area contributed by atoms with Crippen LogP contribution in [0.3, 0.4) is 0 Å². The molecule has 0 fully saturated rings. The average molecular weight is 497 g/mol. The Balaban J connectivity index is 0. The minimum absolute atomic E-state index is 0.362. The van der Waals surface area contributed by atoms with Gasteiger partial charge >= 0.3 is 0 Å². The zero-order valence-electron chi connectivity index (χ0n) is 24.5. The van der Waals surface area contributed by atoms with Gasteiger partial charge in [-0.15, -0.1) is 0 Å². The van der Waals surface area contributed by atoms with Gasteiger partial charge in [-0.1, -0.05) is 129 Å². The zero-order valence-corrected chi connectivity index (χ0v) is 24.5. The molecule has 0 unspecified atom stereocenters. The predicted molar refractivity (Wildman–Crippen MR) is 156 cm³/mol. The maximum absolute atomic E-state index is 5.32. The van der Waals surface area contributed by atoms with Gasteiger partial charge in [0.2, 0.25) is 0 Å². The molecule has 0 saturated carbocycles. The molecule has 0 heterocycles. The third-order valence-electron chi connectivity index (χ3n) is 5.90. The Morgan fingerprint density at radius 1 is 0.371 bits per heavy atom. The van der Waals surface area contributed by atoms with Gasteiger partial charge in [0.05, 0.1) is 0 Å². The van der Waals surface area contributed by atoms with Crippen LogP contribution in [0, 0.1) is 0 Å². The monoisotopic (exact) mass is 496 g/mol. The first-order valence-electron chi connectivity index (χ1n) is 15.4. The first kappa shape index (κ1) is 36.5. The number of unbranched alkanes of at least 4 members (excludes halogenated alkanes) is 15. The summed E-state index contributed by atoms with van der Waals surface area (Å²) in [5, 5.41) is 0. The minimum atomic E-state index is 0.362. The summed E-state index contributed by atoms with van der Waals surface area (Å²) < 4.78 is 15.8. The lowest BCUT2D eigenvalue weighted by Gasteiger charge is -2.06. The van der Waals surface area contributed by atoms with Gasteiger partial charge in [0.1, 0.15) is 13.6 Å². The summed E-state index contributed by atoms with van der Waals surface area (Å²) in [6, 6.07) is 0. The van der Waals surface area contributed by atoms with Gasteiger partial charge in [-0.25, -0.2) is 0 Å². The fraction of sp³-hybridized carbons (Fsp3) is 0.875. The highest BCUT2D eigenvalue weighted by Gasteiger charge is 1.92. The third-order valence-corrected chi connectivity index (χ3v) is 5.90. The van der Waals surface area contributed by atoms with Crippen molar-refractivity contribution in [1.82, 2.24) is 0 Å². The molecule has 35 heavy (non-hydrogen) atoms. The van der Waals surface area contributed by atoms with Gasteiger partial charge in [-0.05, 0) is 51.4 Å². The van der Waals surface area contributed by atoms with Crippen molar-refractivity contribution in [1.29, 1.82) is 0 Å². The zero-order chi connectivity index (χ0) is 25.9. The summed E-state index contributed by atoms with van der Waals surface area (Å²) in [4.78, 5) is 0. The Hall–Kier alpha value is -0.640. The number of allylic oxidation sites excluding steroid dienone is 4. The lowest BCUT2D eigenvalue weighted by atomic mass is 10.1. The van der Waals surface area contributed by atoms with Crippen molar-refractivity contribution in [2.45, 2.75) is 156 Å². The van der Waals surface area contributed by atoms with E-state index < -0.39 is 0 Å². The first-order valence-corrected chi connectivity index (χ1v) is 15.4. The van der Waals surface area contributed by atoms with Gasteiger partial charge in [0, 0.05) is 13.2 Å². The quantitative estimate of drug-likeness (QED) is 0.0642. The summed E-state index contributed by atoms with van der Waals surface area (Å²) in [5.41, 5.74) is 0. The largest absolute Gasteiger partial charge is 0.355 e. The van der Waals surface area contributed by atoms with E-state index in [9.17, 15) is 0 Å². The first-order chi connectivity index (χ1) is 17.3. The molecular weight excluding hydrogens is 432 g/mol. The molecule has 0 aromatic heterocycles. The molecule has 0 aliphatic carbocycles. The van der Waals surface area contributed by atoms with Crippen molar-refractivity contribution in [2.75, 3.05) is 26.8 Å². The molecule has 0 aliphatic rings. The van der Waals surface area contributed by atoms with E-state index in [1.165, 1.54) is 116 Å². The number of rotatable bonds is 27. The van der Waals surface area contributed by atoms with Crippen LogP contribution in [0.2, 0.25) is 0 Å². The molecule has 0 rings (SSSR count). The van der Waals surface area contributed by atoms with Gasteiger partial charge in [0.15, 0.2) is 0 Å². The van der Waals surface area contributed by atoms with E-state index in [0.717, 1.165) is 26.1 Å². The Labute approximate surface area is 221 Å². The van der Waals surface area contributed by atoms with E-state index in [2.05, 4.69) is 52.0 Å². The molecular formula is C32H64O3. The maximum Gasteiger partial charge on any atom is 0.149 e. The van der Waals surface area contributed by atoms with Crippen molar-refractivity contribution in [3.05, 3.63) is 24.3 Å². The highest BCUT2D eigenvalue weighted by atomic mass is 16.7. The Bertz CT molecular complexity index is 378. The molecule has 0 spiro atoms.